The zero-order valence-electron chi connectivity index (χ0n) is 11.0. The lowest BCUT2D eigenvalue weighted by Gasteiger charge is -2.36. The summed E-state index contributed by atoms with van der Waals surface area (Å²) in [6.45, 7) is 2.25. The van der Waals surface area contributed by atoms with Crippen LogP contribution in [0.15, 0.2) is 0 Å². The molecule has 3 N–H and O–H groups in total. The summed E-state index contributed by atoms with van der Waals surface area (Å²) in [4.78, 5) is 2.52. The van der Waals surface area contributed by atoms with E-state index < -0.39 is 0 Å². The van der Waals surface area contributed by atoms with Crippen LogP contribution in [0.25, 0.3) is 0 Å². The maximum absolute atomic E-state index is 9.23. The molecule has 3 nitrogen and oxygen atoms in total. The zero-order valence-corrected chi connectivity index (χ0v) is 11.0. The van der Waals surface area contributed by atoms with Gasteiger partial charge in [0.05, 0.1) is 6.61 Å². The number of aliphatic hydroxyl groups excluding tert-OH is 1. The van der Waals surface area contributed by atoms with Crippen molar-refractivity contribution in [3.63, 3.8) is 0 Å². The Kier molecular flexibility index (Phi) is 5.26. The second kappa shape index (κ2) is 6.72. The molecule has 0 aromatic rings. The summed E-state index contributed by atoms with van der Waals surface area (Å²) in [5, 5.41) is 9.23. The second-order valence-electron chi connectivity index (χ2n) is 5.87. The van der Waals surface area contributed by atoms with Crippen molar-refractivity contribution in [1.82, 2.24) is 4.90 Å². The van der Waals surface area contributed by atoms with Gasteiger partial charge in [-0.15, -0.1) is 0 Å². The molecule has 0 bridgehead atoms. The SMILES string of the molecule is NC1CCCC1CN(CCO)C1CCCCC1. The summed E-state index contributed by atoms with van der Waals surface area (Å²) in [6.07, 6.45) is 10.5. The Labute approximate surface area is 105 Å². The summed E-state index contributed by atoms with van der Waals surface area (Å²) < 4.78 is 0. The number of nitrogens with two attached hydrogens (primary N) is 1. The first-order valence-corrected chi connectivity index (χ1v) is 7.41. The molecule has 2 aliphatic carbocycles. The molecule has 2 saturated carbocycles. The lowest BCUT2D eigenvalue weighted by atomic mass is 9.92. The maximum atomic E-state index is 9.23. The van der Waals surface area contributed by atoms with Crippen molar-refractivity contribution in [3.05, 3.63) is 0 Å². The van der Waals surface area contributed by atoms with Gasteiger partial charge in [-0.2, -0.15) is 0 Å². The van der Waals surface area contributed by atoms with Gasteiger partial charge in [0, 0.05) is 25.2 Å². The van der Waals surface area contributed by atoms with Gasteiger partial charge in [-0.25, -0.2) is 0 Å². The van der Waals surface area contributed by atoms with Crippen LogP contribution in [0, 0.1) is 5.92 Å². The molecule has 2 rings (SSSR count). The number of rotatable bonds is 5. The zero-order chi connectivity index (χ0) is 12.1. The van der Waals surface area contributed by atoms with Crippen LogP contribution in [-0.2, 0) is 0 Å². The van der Waals surface area contributed by atoms with E-state index in [1.807, 2.05) is 0 Å². The Bertz CT molecular complexity index is 216. The van der Waals surface area contributed by atoms with Gasteiger partial charge in [0.2, 0.25) is 0 Å². The molecule has 0 spiro atoms. The molecular formula is C14H28N2O. The summed E-state index contributed by atoms with van der Waals surface area (Å²) in [7, 11) is 0. The molecule has 0 radical (unpaired) electrons. The van der Waals surface area contributed by atoms with E-state index >= 15 is 0 Å². The highest BCUT2D eigenvalue weighted by molar-refractivity contribution is 4.85. The maximum Gasteiger partial charge on any atom is 0.0558 e. The molecule has 100 valence electrons. The van der Waals surface area contributed by atoms with Crippen LogP contribution < -0.4 is 5.73 Å². The van der Waals surface area contributed by atoms with E-state index in [0.29, 0.717) is 24.6 Å². The summed E-state index contributed by atoms with van der Waals surface area (Å²) in [6, 6.07) is 1.11. The summed E-state index contributed by atoms with van der Waals surface area (Å²) in [5.74, 6) is 0.670. The van der Waals surface area contributed by atoms with Crippen LogP contribution in [0.2, 0.25) is 0 Å². The third-order valence-electron chi connectivity index (χ3n) is 4.67. The first-order valence-electron chi connectivity index (χ1n) is 7.41. The van der Waals surface area contributed by atoms with Crippen molar-refractivity contribution in [2.24, 2.45) is 11.7 Å². The fourth-order valence-corrected chi connectivity index (χ4v) is 3.59. The van der Waals surface area contributed by atoms with E-state index in [1.54, 1.807) is 0 Å². The topological polar surface area (TPSA) is 49.5 Å². The van der Waals surface area contributed by atoms with Gasteiger partial charge < -0.3 is 10.8 Å². The van der Waals surface area contributed by atoms with Gasteiger partial charge in [-0.3, -0.25) is 4.90 Å². The predicted octanol–water partition coefficient (Wildman–Crippen LogP) is 1.74. The lowest BCUT2D eigenvalue weighted by molar-refractivity contribution is 0.104. The molecule has 0 amide bonds. The third kappa shape index (κ3) is 3.67. The van der Waals surface area contributed by atoms with E-state index in [2.05, 4.69) is 4.90 Å². The molecule has 0 aliphatic heterocycles. The molecule has 3 heteroatoms. The number of nitrogens with zero attached hydrogens (tertiary/aromatic N) is 1. The summed E-state index contributed by atoms with van der Waals surface area (Å²) >= 11 is 0. The van der Waals surface area contributed by atoms with E-state index in [9.17, 15) is 5.11 Å². The summed E-state index contributed by atoms with van der Waals surface area (Å²) in [5.41, 5.74) is 6.16. The molecule has 0 aromatic carbocycles. The van der Waals surface area contributed by atoms with E-state index in [1.165, 1.54) is 51.4 Å². The highest BCUT2D eigenvalue weighted by Gasteiger charge is 2.29. The van der Waals surface area contributed by atoms with Gasteiger partial charge >= 0.3 is 0 Å². The largest absolute Gasteiger partial charge is 0.395 e. The Morgan fingerprint density at radius 1 is 1.00 bits per heavy atom. The Balaban J connectivity index is 1.86. The van der Waals surface area contributed by atoms with Crippen molar-refractivity contribution in [2.75, 3.05) is 19.7 Å². The van der Waals surface area contributed by atoms with Crippen LogP contribution in [0.5, 0.6) is 0 Å². The smallest absolute Gasteiger partial charge is 0.0558 e. The Hall–Kier alpha value is -0.120. The van der Waals surface area contributed by atoms with Gasteiger partial charge in [0.15, 0.2) is 0 Å². The molecule has 2 atom stereocenters. The van der Waals surface area contributed by atoms with Gasteiger partial charge in [0.25, 0.3) is 0 Å². The minimum Gasteiger partial charge on any atom is -0.395 e. The molecule has 0 heterocycles. The van der Waals surface area contributed by atoms with Crippen molar-refractivity contribution in [3.8, 4) is 0 Å². The van der Waals surface area contributed by atoms with Gasteiger partial charge in [-0.1, -0.05) is 25.7 Å². The fraction of sp³-hybridized carbons (Fsp3) is 1.00. The van der Waals surface area contributed by atoms with Crippen LogP contribution in [0.1, 0.15) is 51.4 Å². The molecule has 2 aliphatic rings. The lowest BCUT2D eigenvalue weighted by Crippen LogP contribution is -2.44. The quantitative estimate of drug-likeness (QED) is 0.769. The number of aliphatic hydroxyl groups is 1. The fourth-order valence-electron chi connectivity index (χ4n) is 3.59. The average molecular weight is 240 g/mol. The van der Waals surface area contributed by atoms with Crippen LogP contribution in [0.3, 0.4) is 0 Å². The second-order valence-corrected chi connectivity index (χ2v) is 5.87. The van der Waals surface area contributed by atoms with Crippen molar-refractivity contribution in [2.45, 2.75) is 63.5 Å². The number of hydrogen-bond donors (Lipinski definition) is 2. The molecule has 0 aromatic heterocycles. The van der Waals surface area contributed by atoms with Crippen LogP contribution in [-0.4, -0.2) is 41.8 Å². The Morgan fingerprint density at radius 3 is 2.35 bits per heavy atom. The van der Waals surface area contributed by atoms with Crippen LogP contribution in [0.4, 0.5) is 0 Å². The van der Waals surface area contributed by atoms with Crippen LogP contribution >= 0.6 is 0 Å². The first-order chi connectivity index (χ1) is 8.31. The van der Waals surface area contributed by atoms with Crippen molar-refractivity contribution in [1.29, 1.82) is 0 Å². The van der Waals surface area contributed by atoms with Crippen molar-refractivity contribution >= 4 is 0 Å². The standard InChI is InChI=1S/C14H28N2O/c15-14-8-4-5-12(14)11-16(9-10-17)13-6-2-1-3-7-13/h12-14,17H,1-11,15H2. The predicted molar refractivity (Wildman–Crippen MR) is 70.8 cm³/mol. The third-order valence-corrected chi connectivity index (χ3v) is 4.67. The highest BCUT2D eigenvalue weighted by atomic mass is 16.3. The van der Waals surface area contributed by atoms with Gasteiger partial charge in [0.1, 0.15) is 0 Å². The van der Waals surface area contributed by atoms with Crippen molar-refractivity contribution < 1.29 is 5.11 Å². The van der Waals surface area contributed by atoms with E-state index in [-0.39, 0.29) is 0 Å². The molecule has 2 fully saturated rings. The normalized spacial score (nSPS) is 31.2. The number of hydrogen-bond acceptors (Lipinski definition) is 3. The Morgan fingerprint density at radius 2 is 1.76 bits per heavy atom. The molecule has 0 saturated heterocycles. The molecular weight excluding hydrogens is 212 g/mol. The monoisotopic (exact) mass is 240 g/mol. The highest BCUT2D eigenvalue weighted by Crippen LogP contribution is 2.28. The van der Waals surface area contributed by atoms with E-state index in [0.717, 1.165) is 13.1 Å². The minimum absolute atomic E-state index is 0.290. The van der Waals surface area contributed by atoms with Gasteiger partial charge in [-0.05, 0) is 31.6 Å². The van der Waals surface area contributed by atoms with E-state index in [4.69, 9.17) is 5.73 Å². The molecule has 2 unspecified atom stereocenters. The minimum atomic E-state index is 0.290. The molecule has 17 heavy (non-hydrogen) atoms. The first kappa shape index (κ1) is 13.3. The average Bonchev–Trinajstić information content (AvgIpc) is 2.76.